The lowest BCUT2D eigenvalue weighted by Crippen LogP contribution is -2.46. The molecule has 0 radical (unpaired) electrons. The summed E-state index contributed by atoms with van der Waals surface area (Å²) >= 11 is 0. The first kappa shape index (κ1) is 39.4. The Hall–Kier alpha value is -3.33. The van der Waals surface area contributed by atoms with Crippen LogP contribution in [0.2, 0.25) is 0 Å². The van der Waals surface area contributed by atoms with E-state index in [4.69, 9.17) is 39.5 Å². The summed E-state index contributed by atoms with van der Waals surface area (Å²) in [5.74, 6) is -0.171. The first-order valence-electron chi connectivity index (χ1n) is 15.0. The summed E-state index contributed by atoms with van der Waals surface area (Å²) in [6.07, 6.45) is -6.70. The smallest absolute Gasteiger partial charge is 0.387 e. The van der Waals surface area contributed by atoms with Crippen molar-refractivity contribution in [2.75, 3.05) is 38.9 Å². The summed E-state index contributed by atoms with van der Waals surface area (Å²) in [7, 11) is -13.2. The molecule has 10 N–H and O–H groups in total. The van der Waals surface area contributed by atoms with Crippen molar-refractivity contribution in [2.45, 2.75) is 49.1 Å². The maximum Gasteiger partial charge on any atom is 0.490 e. The molecular weight excluding hydrogens is 781 g/mol. The van der Waals surface area contributed by atoms with E-state index in [2.05, 4.69) is 33.5 Å². The van der Waals surface area contributed by atoms with Gasteiger partial charge in [-0.2, -0.15) is 8.62 Å². The molecule has 0 saturated carbocycles. The second kappa shape index (κ2) is 14.7. The largest absolute Gasteiger partial charge is 0.490 e. The Labute approximate surface area is 295 Å². The van der Waals surface area contributed by atoms with E-state index < -0.39 is 91.3 Å². The molecule has 2 aliphatic heterocycles. The molecule has 0 aliphatic carbocycles. The number of fused-ring (bicyclic) bond motifs is 2. The number of rotatable bonds is 14. The first-order valence-corrected chi connectivity index (χ1v) is 19.5. The van der Waals surface area contributed by atoms with E-state index in [1.807, 2.05) is 0 Å². The molecule has 292 valence electrons. The lowest BCUT2D eigenvalue weighted by molar-refractivity contribution is -0.745. The van der Waals surface area contributed by atoms with Crippen molar-refractivity contribution < 1.29 is 79.8 Å². The lowest BCUT2D eigenvalue weighted by Gasteiger charge is -2.21. The van der Waals surface area contributed by atoms with Gasteiger partial charge in [0.2, 0.25) is 11.7 Å². The van der Waals surface area contributed by atoms with Crippen LogP contribution in [0.15, 0.2) is 23.8 Å². The lowest BCUT2D eigenvalue weighted by atomic mass is 10.1. The molecule has 27 nitrogen and oxygen atoms in total. The number of nitrogens with zero attached hydrogens (tertiary/aromatic N) is 7. The predicted molar refractivity (Wildman–Crippen MR) is 171 cm³/mol. The van der Waals surface area contributed by atoms with Crippen LogP contribution in [0, 0.1) is 0 Å². The van der Waals surface area contributed by atoms with Crippen molar-refractivity contribution in [3.63, 3.8) is 0 Å². The number of anilines is 2. The molecule has 0 aromatic carbocycles. The highest BCUT2D eigenvalue weighted by Gasteiger charge is 2.51. The number of nitrogens with two attached hydrogens (primary N) is 2. The van der Waals surface area contributed by atoms with Crippen LogP contribution in [0.5, 0.6) is 0 Å². The molecule has 0 spiro atoms. The van der Waals surface area contributed by atoms with Crippen LogP contribution in [0.4, 0.5) is 11.8 Å². The van der Waals surface area contributed by atoms with Gasteiger partial charge < -0.3 is 55.3 Å². The van der Waals surface area contributed by atoms with Gasteiger partial charge in [0.05, 0.1) is 26.6 Å². The number of nitrogens with one attached hydrogen (secondary N) is 1. The van der Waals surface area contributed by atoms with Gasteiger partial charge >= 0.3 is 29.1 Å². The average molecular weight is 815 g/mol. The number of aliphatic hydroxyl groups is 2. The molecule has 6 rings (SSSR count). The van der Waals surface area contributed by atoms with E-state index in [0.29, 0.717) is 0 Å². The summed E-state index contributed by atoms with van der Waals surface area (Å²) in [6, 6.07) is 0. The van der Waals surface area contributed by atoms with Crippen molar-refractivity contribution in [1.82, 2.24) is 34.1 Å². The Kier molecular flexibility index (Phi) is 10.9. The van der Waals surface area contributed by atoms with Crippen molar-refractivity contribution in [1.29, 1.82) is 0 Å². The highest BCUT2D eigenvalue weighted by Crippen LogP contribution is 2.67. The van der Waals surface area contributed by atoms with Crippen LogP contribution in [0.25, 0.3) is 22.3 Å². The van der Waals surface area contributed by atoms with Crippen LogP contribution in [-0.4, -0.2) is 123 Å². The van der Waals surface area contributed by atoms with Gasteiger partial charge in [0.25, 0.3) is 11.5 Å². The number of ether oxygens (including phenoxy) is 4. The molecule has 0 bridgehead atoms. The molecule has 2 aliphatic rings. The third-order valence-corrected chi connectivity index (χ3v) is 12.4. The number of hydrogen-bond donors (Lipinski definition) is 8. The zero-order chi connectivity index (χ0) is 38.6. The molecule has 4 aromatic rings. The molecular formula is C23H34N10O17P3+. The molecule has 4 aromatic heterocycles. The maximum atomic E-state index is 12.7. The standard InChI is InChI=1S/C23H33N10O17P3/c1-31-8-33(19-12(31)20(36)30-23(25)29-19)21-14(35)15(43-2)10(48-21)5-46-52(39,40)50-53(41,42)49-51(37,38)45-4-9-13(34)16(44-3)22(47-9)32-7-28-11-17(24)26-6-27-18(11)32/h6-10,13-16,21-22,34-35H,4-5H2,1-3H3,(H7-,24,25,26,27,29,30,36,37,38,39,40,41,42)/p+1/t9-,10-,13+,14?,15+,16?,21-,22-/m1/s1. The number of aliphatic hydroxyl groups excluding tert-OH is 2. The molecule has 0 amide bonds. The summed E-state index contributed by atoms with van der Waals surface area (Å²) in [5.41, 5.74) is 11.4. The molecule has 2 fully saturated rings. The molecule has 11 atom stereocenters. The van der Waals surface area contributed by atoms with Crippen LogP contribution < -0.4 is 21.6 Å². The number of H-pyrrole nitrogens is 1. The van der Waals surface area contributed by atoms with Crippen molar-refractivity contribution in [3.8, 4) is 0 Å². The van der Waals surface area contributed by atoms with Gasteiger partial charge in [-0.25, -0.2) is 33.2 Å². The van der Waals surface area contributed by atoms with E-state index >= 15 is 0 Å². The van der Waals surface area contributed by atoms with Crippen LogP contribution in [0.1, 0.15) is 12.5 Å². The first-order chi connectivity index (χ1) is 24.8. The van der Waals surface area contributed by atoms with Gasteiger partial charge in [0, 0.05) is 14.2 Å². The summed E-state index contributed by atoms with van der Waals surface area (Å²) < 4.78 is 81.8. The van der Waals surface area contributed by atoms with Crippen LogP contribution in [0.3, 0.4) is 0 Å². The molecule has 6 heterocycles. The highest BCUT2D eigenvalue weighted by atomic mass is 31.3. The third kappa shape index (κ3) is 7.92. The normalized spacial score (nSPS) is 29.7. The number of hydrogen-bond acceptors (Lipinski definition) is 20. The number of aryl methyl sites for hydroxylation is 1. The van der Waals surface area contributed by atoms with Crippen LogP contribution in [-0.2, 0) is 57.4 Å². The predicted octanol–water partition coefficient (Wildman–Crippen LogP) is -2.53. The van der Waals surface area contributed by atoms with Gasteiger partial charge in [-0.05, 0) is 0 Å². The average Bonchev–Trinajstić information content (AvgIpc) is 3.80. The molecule has 5 unspecified atom stereocenters. The number of phosphoric ester groups is 2. The fourth-order valence-corrected chi connectivity index (χ4v) is 9.40. The number of aromatic amines is 1. The van der Waals surface area contributed by atoms with Gasteiger partial charge in [-0.15, -0.1) is 0 Å². The number of phosphoric acid groups is 3. The minimum absolute atomic E-state index is 0.0132. The highest BCUT2D eigenvalue weighted by molar-refractivity contribution is 7.66. The van der Waals surface area contributed by atoms with E-state index in [1.54, 1.807) is 0 Å². The fourth-order valence-electron chi connectivity index (χ4n) is 5.88. The zero-order valence-electron chi connectivity index (χ0n) is 27.5. The van der Waals surface area contributed by atoms with E-state index in [0.717, 1.165) is 0 Å². The molecule has 2 saturated heterocycles. The third-order valence-electron chi connectivity index (χ3n) is 8.11. The summed E-state index contributed by atoms with van der Waals surface area (Å²) in [4.78, 5) is 61.3. The van der Waals surface area contributed by atoms with Crippen molar-refractivity contribution in [3.05, 3.63) is 29.3 Å². The zero-order valence-corrected chi connectivity index (χ0v) is 30.2. The maximum absolute atomic E-state index is 12.7. The number of nitrogen functional groups attached to an aromatic ring is 2. The summed E-state index contributed by atoms with van der Waals surface area (Å²) in [6.45, 7) is -1.85. The van der Waals surface area contributed by atoms with Gasteiger partial charge in [0.15, 0.2) is 24.0 Å². The summed E-state index contributed by atoms with van der Waals surface area (Å²) in [5, 5.41) is 21.7. The Morgan fingerprint density at radius 1 is 0.925 bits per heavy atom. The second-order valence-corrected chi connectivity index (χ2v) is 16.1. The van der Waals surface area contributed by atoms with E-state index in [9.17, 15) is 43.4 Å². The monoisotopic (exact) mass is 815 g/mol. The Bertz CT molecular complexity index is 2200. The minimum Gasteiger partial charge on any atom is -0.387 e. The van der Waals surface area contributed by atoms with Gasteiger partial charge in [-0.3, -0.25) is 28.0 Å². The quantitative estimate of drug-likeness (QED) is 0.0480. The molecule has 30 heteroatoms. The number of imidazole rings is 2. The number of aromatic nitrogens is 8. The topological polar surface area (TPSA) is 376 Å². The van der Waals surface area contributed by atoms with E-state index in [1.165, 1.54) is 54.0 Å². The Morgan fingerprint density at radius 2 is 1.57 bits per heavy atom. The van der Waals surface area contributed by atoms with Crippen molar-refractivity contribution >= 4 is 57.6 Å². The number of methoxy groups -OCH3 is 2. The van der Waals surface area contributed by atoms with E-state index in [-0.39, 0.29) is 34.1 Å². The van der Waals surface area contributed by atoms with Gasteiger partial charge in [0.1, 0.15) is 48.5 Å². The Morgan fingerprint density at radius 3 is 2.21 bits per heavy atom. The van der Waals surface area contributed by atoms with Gasteiger partial charge in [-0.1, -0.05) is 4.98 Å². The fraction of sp³-hybridized carbons (Fsp3) is 0.565. The minimum atomic E-state index is -5.93. The SMILES string of the molecule is COC1[C@@H](O)[C@@H](COP(=O)(O)OP(=O)(O)OP(=O)(O)OC[C@H]2O[C@@H]([n+]3cn(C)c4c(=O)[nH]c(N)nc43)C(O)[C@H]2OC)O[C@H]1n1cnc2c(N)ncnc21. The van der Waals surface area contributed by atoms with Crippen molar-refractivity contribution in [2.24, 2.45) is 7.05 Å². The molecule has 53 heavy (non-hydrogen) atoms. The second-order valence-electron chi connectivity index (χ2n) is 11.5. The Balaban J connectivity index is 1.06. The van der Waals surface area contributed by atoms with Crippen LogP contribution >= 0.6 is 23.5 Å².